The lowest BCUT2D eigenvalue weighted by Gasteiger charge is -2.20. The molecule has 0 spiro atoms. The van der Waals surface area contributed by atoms with Gasteiger partial charge in [0.2, 0.25) is 11.8 Å². The van der Waals surface area contributed by atoms with E-state index in [-0.39, 0.29) is 19.0 Å². The first-order chi connectivity index (χ1) is 12.0. The molecule has 9 heteroatoms. The van der Waals surface area contributed by atoms with E-state index >= 15 is 0 Å². The van der Waals surface area contributed by atoms with Crippen molar-refractivity contribution in [3.8, 4) is 11.5 Å². The largest absolute Gasteiger partial charge is 0.486 e. The maximum Gasteiger partial charge on any atom is 0.321 e. The quantitative estimate of drug-likeness (QED) is 0.675. The van der Waals surface area contributed by atoms with Crippen LogP contribution in [-0.4, -0.2) is 62.6 Å². The Bertz CT molecular complexity index is 649. The number of fused-ring (bicyclic) bond motifs is 1. The van der Waals surface area contributed by atoms with Crippen LogP contribution in [0.1, 0.15) is 6.92 Å². The smallest absolute Gasteiger partial charge is 0.321 e. The predicted molar refractivity (Wildman–Crippen MR) is 90.8 cm³/mol. The van der Waals surface area contributed by atoms with Crippen molar-refractivity contribution < 1.29 is 23.9 Å². The van der Waals surface area contributed by atoms with Crippen LogP contribution in [-0.2, 0) is 9.59 Å². The third kappa shape index (κ3) is 5.64. The number of carbonyl (C=O) groups excluding carboxylic acids is 3. The minimum Gasteiger partial charge on any atom is -0.486 e. The number of ether oxygens (including phenoxy) is 2. The molecule has 136 valence electrons. The Morgan fingerprint density at radius 3 is 2.44 bits per heavy atom. The third-order valence-corrected chi connectivity index (χ3v) is 3.49. The summed E-state index contributed by atoms with van der Waals surface area (Å²) in [4.78, 5) is 36.6. The van der Waals surface area contributed by atoms with E-state index in [0.717, 1.165) is 0 Å². The lowest BCUT2D eigenvalue weighted by Crippen LogP contribution is -2.45. The van der Waals surface area contributed by atoms with Crippen LogP contribution in [0.15, 0.2) is 18.2 Å². The van der Waals surface area contributed by atoms with Crippen LogP contribution in [0.5, 0.6) is 11.5 Å². The van der Waals surface area contributed by atoms with E-state index in [4.69, 9.17) is 9.47 Å². The first-order valence-corrected chi connectivity index (χ1v) is 7.95. The SMILES string of the molecule is CCN(CC(=O)NC(=O)NC)CC(=O)Nc1ccc2c(c1)OCCO2. The molecule has 1 aromatic carbocycles. The molecule has 0 saturated heterocycles. The number of hydrogen-bond acceptors (Lipinski definition) is 6. The van der Waals surface area contributed by atoms with E-state index in [0.29, 0.717) is 36.9 Å². The fourth-order valence-corrected chi connectivity index (χ4v) is 2.24. The number of urea groups is 1. The third-order valence-electron chi connectivity index (χ3n) is 3.49. The lowest BCUT2D eigenvalue weighted by atomic mass is 10.2. The fourth-order valence-electron chi connectivity index (χ4n) is 2.24. The van der Waals surface area contributed by atoms with Crippen LogP contribution in [0.25, 0.3) is 0 Å². The molecule has 25 heavy (non-hydrogen) atoms. The van der Waals surface area contributed by atoms with Gasteiger partial charge in [0.25, 0.3) is 0 Å². The summed E-state index contributed by atoms with van der Waals surface area (Å²) in [5, 5.41) is 7.21. The predicted octanol–water partition coefficient (Wildman–Crippen LogP) is 0.174. The van der Waals surface area contributed by atoms with E-state index in [1.807, 2.05) is 6.92 Å². The highest BCUT2D eigenvalue weighted by Gasteiger charge is 2.16. The Morgan fingerprint density at radius 1 is 1.08 bits per heavy atom. The second-order valence-corrected chi connectivity index (χ2v) is 5.34. The Morgan fingerprint density at radius 2 is 1.76 bits per heavy atom. The van der Waals surface area contributed by atoms with Gasteiger partial charge in [-0.1, -0.05) is 6.92 Å². The van der Waals surface area contributed by atoms with Crippen molar-refractivity contribution in [2.45, 2.75) is 6.92 Å². The lowest BCUT2D eigenvalue weighted by molar-refractivity contribution is -0.122. The molecule has 1 heterocycles. The molecule has 9 nitrogen and oxygen atoms in total. The van der Waals surface area contributed by atoms with Crippen molar-refractivity contribution >= 4 is 23.5 Å². The molecule has 0 saturated carbocycles. The monoisotopic (exact) mass is 350 g/mol. The number of amides is 4. The molecule has 0 bridgehead atoms. The molecule has 4 amide bonds. The first-order valence-electron chi connectivity index (χ1n) is 7.95. The molecule has 1 aliphatic heterocycles. The number of anilines is 1. The summed E-state index contributed by atoms with van der Waals surface area (Å²) in [6, 6.07) is 4.57. The maximum absolute atomic E-state index is 12.2. The summed E-state index contributed by atoms with van der Waals surface area (Å²) in [6.07, 6.45) is 0. The molecule has 1 aromatic rings. The number of imide groups is 1. The van der Waals surface area contributed by atoms with Crippen LogP contribution < -0.4 is 25.4 Å². The summed E-state index contributed by atoms with van der Waals surface area (Å²) in [5.74, 6) is 0.478. The number of carbonyl (C=O) groups is 3. The van der Waals surface area contributed by atoms with Gasteiger partial charge in [-0.25, -0.2) is 4.79 Å². The number of hydrogen-bond donors (Lipinski definition) is 3. The Labute approximate surface area is 145 Å². The molecule has 2 rings (SSSR count). The summed E-state index contributed by atoms with van der Waals surface area (Å²) < 4.78 is 10.9. The zero-order valence-electron chi connectivity index (χ0n) is 14.3. The van der Waals surface area contributed by atoms with E-state index in [2.05, 4.69) is 16.0 Å². The molecular weight excluding hydrogens is 328 g/mol. The number of likely N-dealkylation sites (N-methyl/N-ethyl adjacent to an activating group) is 1. The first kappa shape index (κ1) is 18.5. The molecule has 1 aliphatic rings. The topological polar surface area (TPSA) is 109 Å². The van der Waals surface area contributed by atoms with Crippen LogP contribution >= 0.6 is 0 Å². The molecule has 0 radical (unpaired) electrons. The van der Waals surface area contributed by atoms with Crippen molar-refractivity contribution in [3.63, 3.8) is 0 Å². The van der Waals surface area contributed by atoms with Crippen LogP contribution in [0.4, 0.5) is 10.5 Å². The van der Waals surface area contributed by atoms with Crippen molar-refractivity contribution in [1.82, 2.24) is 15.5 Å². The normalized spacial score (nSPS) is 12.4. The van der Waals surface area contributed by atoms with E-state index in [1.165, 1.54) is 7.05 Å². The molecule has 0 aliphatic carbocycles. The van der Waals surface area contributed by atoms with E-state index in [9.17, 15) is 14.4 Å². The van der Waals surface area contributed by atoms with E-state index < -0.39 is 11.9 Å². The molecule has 0 aromatic heterocycles. The van der Waals surface area contributed by atoms with Gasteiger partial charge in [0.1, 0.15) is 13.2 Å². The molecular formula is C16H22N4O5. The zero-order valence-corrected chi connectivity index (χ0v) is 14.3. The average Bonchev–Trinajstić information content (AvgIpc) is 2.60. The second-order valence-electron chi connectivity index (χ2n) is 5.34. The minimum absolute atomic E-state index is 0.0199. The van der Waals surface area contributed by atoms with Crippen LogP contribution in [0.3, 0.4) is 0 Å². The zero-order chi connectivity index (χ0) is 18.2. The molecule has 0 unspecified atom stereocenters. The van der Waals surface area contributed by atoms with Gasteiger partial charge < -0.3 is 20.1 Å². The van der Waals surface area contributed by atoms with E-state index in [1.54, 1.807) is 23.1 Å². The van der Waals surface area contributed by atoms with Gasteiger partial charge in [-0.15, -0.1) is 0 Å². The van der Waals surface area contributed by atoms with Crippen molar-refractivity contribution in [1.29, 1.82) is 0 Å². The number of rotatable bonds is 6. The summed E-state index contributed by atoms with van der Waals surface area (Å²) in [6.45, 7) is 3.24. The van der Waals surface area contributed by atoms with Gasteiger partial charge in [-0.3, -0.25) is 19.8 Å². The maximum atomic E-state index is 12.2. The van der Waals surface area contributed by atoms with Crippen molar-refractivity contribution in [3.05, 3.63) is 18.2 Å². The Hall–Kier alpha value is -2.81. The minimum atomic E-state index is -0.582. The average molecular weight is 350 g/mol. The number of benzene rings is 1. The van der Waals surface area contributed by atoms with Gasteiger partial charge in [0, 0.05) is 18.8 Å². The standard InChI is InChI=1S/C16H22N4O5/c1-3-20(10-15(22)19-16(23)17-2)9-14(21)18-11-4-5-12-13(8-11)25-7-6-24-12/h4-5,8H,3,6-7,9-10H2,1-2H3,(H,18,21)(H2,17,19,22,23). The van der Waals surface area contributed by atoms with Crippen LogP contribution in [0.2, 0.25) is 0 Å². The van der Waals surface area contributed by atoms with Crippen molar-refractivity contribution in [2.24, 2.45) is 0 Å². The van der Waals surface area contributed by atoms with Gasteiger partial charge in [-0.05, 0) is 18.7 Å². The number of nitrogens with zero attached hydrogens (tertiary/aromatic N) is 1. The van der Waals surface area contributed by atoms with Gasteiger partial charge in [0.05, 0.1) is 13.1 Å². The fraction of sp³-hybridized carbons (Fsp3) is 0.438. The van der Waals surface area contributed by atoms with Crippen LogP contribution in [0, 0.1) is 0 Å². The summed E-state index contributed by atoms with van der Waals surface area (Å²) >= 11 is 0. The Balaban J connectivity index is 1.87. The van der Waals surface area contributed by atoms with Gasteiger partial charge in [0.15, 0.2) is 11.5 Å². The highest BCUT2D eigenvalue weighted by Crippen LogP contribution is 2.32. The van der Waals surface area contributed by atoms with Gasteiger partial charge in [-0.2, -0.15) is 0 Å². The molecule has 0 fully saturated rings. The molecule has 3 N–H and O–H groups in total. The highest BCUT2D eigenvalue weighted by atomic mass is 16.6. The molecule has 0 atom stereocenters. The Kier molecular flexibility index (Phi) is 6.58. The number of nitrogens with one attached hydrogen (secondary N) is 3. The summed E-state index contributed by atoms with van der Waals surface area (Å²) in [5.41, 5.74) is 0.583. The summed E-state index contributed by atoms with van der Waals surface area (Å²) in [7, 11) is 1.42. The van der Waals surface area contributed by atoms with Crippen molar-refractivity contribution in [2.75, 3.05) is 45.2 Å². The second kappa shape index (κ2) is 8.88. The van der Waals surface area contributed by atoms with Gasteiger partial charge >= 0.3 is 6.03 Å². The highest BCUT2D eigenvalue weighted by molar-refractivity contribution is 5.96.